The lowest BCUT2D eigenvalue weighted by atomic mass is 10.0. The molecule has 0 bridgehead atoms. The van der Waals surface area contributed by atoms with Crippen molar-refractivity contribution in [3.63, 3.8) is 0 Å². The minimum atomic E-state index is -0.313. The van der Waals surface area contributed by atoms with Crippen molar-refractivity contribution >= 4 is 11.8 Å². The van der Waals surface area contributed by atoms with Crippen molar-refractivity contribution in [2.45, 2.75) is 18.9 Å². The Hall–Kier alpha value is -1.62. The number of hydrogen-bond donors (Lipinski definition) is 0. The highest BCUT2D eigenvalue weighted by atomic mass is 16.5. The molecule has 1 saturated heterocycles. The normalized spacial score (nSPS) is 16.7. The van der Waals surface area contributed by atoms with Crippen molar-refractivity contribution in [2.75, 3.05) is 39.2 Å². The minimum absolute atomic E-state index is 0.313. The van der Waals surface area contributed by atoms with Crippen LogP contribution >= 0.6 is 0 Å². The number of hydrogen-bond acceptors (Lipinski definition) is 5. The van der Waals surface area contributed by atoms with Crippen LogP contribution in [0.25, 0.3) is 0 Å². The van der Waals surface area contributed by atoms with Gasteiger partial charge >= 0.3 is 5.97 Å². The maximum Gasteiger partial charge on any atom is 0.338 e. The number of esters is 1. The number of carbonyl (C=O) groups excluding carboxylic acids is 1. The van der Waals surface area contributed by atoms with Gasteiger partial charge < -0.3 is 14.5 Å². The number of ether oxygens (including phenoxy) is 1. The van der Waals surface area contributed by atoms with Crippen molar-refractivity contribution in [1.29, 1.82) is 0 Å². The Morgan fingerprint density at radius 1 is 1.42 bits per heavy atom. The summed E-state index contributed by atoms with van der Waals surface area (Å²) in [5, 5.41) is 0. The van der Waals surface area contributed by atoms with Gasteiger partial charge in [0.2, 0.25) is 0 Å². The number of anilines is 1. The third kappa shape index (κ3) is 3.23. The number of carbonyl (C=O) groups is 1. The zero-order chi connectivity index (χ0) is 13.8. The predicted octanol–water partition coefficient (Wildman–Crippen LogP) is 1.40. The Kier molecular flexibility index (Phi) is 4.37. The molecule has 104 valence electrons. The highest BCUT2D eigenvalue weighted by Crippen LogP contribution is 2.20. The molecule has 0 radical (unpaired) electrons. The monoisotopic (exact) mass is 263 g/mol. The number of aromatic nitrogens is 1. The van der Waals surface area contributed by atoms with E-state index in [2.05, 4.69) is 28.9 Å². The lowest BCUT2D eigenvalue weighted by molar-refractivity contribution is 0.0600. The number of nitrogens with zero attached hydrogens (tertiary/aromatic N) is 3. The van der Waals surface area contributed by atoms with Crippen LogP contribution in [0.2, 0.25) is 0 Å². The quantitative estimate of drug-likeness (QED) is 0.771. The molecule has 2 heterocycles. The summed E-state index contributed by atoms with van der Waals surface area (Å²) in [4.78, 5) is 20.4. The fourth-order valence-corrected chi connectivity index (χ4v) is 2.45. The zero-order valence-electron chi connectivity index (χ0n) is 11.8. The molecule has 1 aliphatic rings. The van der Waals surface area contributed by atoms with Crippen molar-refractivity contribution in [1.82, 2.24) is 9.88 Å². The lowest BCUT2D eigenvalue weighted by Gasteiger charge is -2.35. The fourth-order valence-electron chi connectivity index (χ4n) is 2.45. The summed E-state index contributed by atoms with van der Waals surface area (Å²) < 4.78 is 4.74. The van der Waals surface area contributed by atoms with E-state index in [1.807, 2.05) is 6.07 Å². The topological polar surface area (TPSA) is 45.7 Å². The Morgan fingerprint density at radius 3 is 2.68 bits per heavy atom. The van der Waals surface area contributed by atoms with Crippen LogP contribution in [0.4, 0.5) is 5.82 Å². The molecular weight excluding hydrogens is 242 g/mol. The van der Waals surface area contributed by atoms with E-state index in [0.29, 0.717) is 11.6 Å². The van der Waals surface area contributed by atoms with Crippen LogP contribution in [-0.2, 0) is 4.74 Å². The van der Waals surface area contributed by atoms with Gasteiger partial charge in [0.15, 0.2) is 0 Å². The van der Waals surface area contributed by atoms with Crippen LogP contribution in [0.5, 0.6) is 0 Å². The molecule has 0 amide bonds. The van der Waals surface area contributed by atoms with E-state index in [1.165, 1.54) is 7.11 Å². The zero-order valence-corrected chi connectivity index (χ0v) is 11.8. The lowest BCUT2D eigenvalue weighted by Crippen LogP contribution is -2.42. The Bertz CT molecular complexity index is 440. The second-order valence-corrected chi connectivity index (χ2v) is 5.08. The summed E-state index contributed by atoms with van der Waals surface area (Å²) in [5.74, 6) is 0.548. The van der Waals surface area contributed by atoms with Gasteiger partial charge in [0.25, 0.3) is 0 Å². The highest BCUT2D eigenvalue weighted by Gasteiger charge is 2.21. The Morgan fingerprint density at radius 2 is 2.11 bits per heavy atom. The van der Waals surface area contributed by atoms with Crippen LogP contribution in [0.3, 0.4) is 0 Å². The van der Waals surface area contributed by atoms with Gasteiger partial charge in [-0.05, 0) is 39.1 Å². The third-order valence-electron chi connectivity index (χ3n) is 3.69. The molecule has 0 N–H and O–H groups in total. The molecule has 1 aromatic heterocycles. The molecular formula is C14H21N3O2. The maximum atomic E-state index is 11.5. The number of pyridine rings is 1. The van der Waals surface area contributed by atoms with E-state index in [4.69, 9.17) is 4.74 Å². The van der Waals surface area contributed by atoms with Crippen LogP contribution in [0.15, 0.2) is 18.3 Å². The molecule has 0 saturated carbocycles. The van der Waals surface area contributed by atoms with E-state index in [1.54, 1.807) is 12.3 Å². The van der Waals surface area contributed by atoms with Gasteiger partial charge in [-0.25, -0.2) is 9.78 Å². The Balaban J connectivity index is 2.05. The van der Waals surface area contributed by atoms with Gasteiger partial charge in [0.1, 0.15) is 5.82 Å². The largest absolute Gasteiger partial charge is 0.465 e. The first-order chi connectivity index (χ1) is 9.11. The van der Waals surface area contributed by atoms with Gasteiger partial charge in [-0.15, -0.1) is 0 Å². The molecule has 0 aliphatic carbocycles. The predicted molar refractivity (Wildman–Crippen MR) is 74.5 cm³/mol. The average molecular weight is 263 g/mol. The van der Waals surface area contributed by atoms with E-state index in [9.17, 15) is 4.79 Å². The molecule has 0 aromatic carbocycles. The van der Waals surface area contributed by atoms with E-state index >= 15 is 0 Å². The van der Waals surface area contributed by atoms with Gasteiger partial charge in [-0.1, -0.05) is 0 Å². The molecule has 1 aromatic rings. The summed E-state index contributed by atoms with van der Waals surface area (Å²) in [6.45, 7) is 1.95. The first-order valence-electron chi connectivity index (χ1n) is 6.57. The van der Waals surface area contributed by atoms with Crippen LogP contribution in [0, 0.1) is 0 Å². The van der Waals surface area contributed by atoms with Crippen molar-refractivity contribution in [2.24, 2.45) is 0 Å². The van der Waals surface area contributed by atoms with Gasteiger partial charge in [0.05, 0.1) is 12.7 Å². The van der Waals surface area contributed by atoms with Crippen molar-refractivity contribution in [3.05, 3.63) is 23.9 Å². The van der Waals surface area contributed by atoms with Gasteiger partial charge in [-0.3, -0.25) is 0 Å². The van der Waals surface area contributed by atoms with Gasteiger partial charge in [0, 0.05) is 25.3 Å². The molecule has 5 nitrogen and oxygen atoms in total. The van der Waals surface area contributed by atoms with Crippen molar-refractivity contribution < 1.29 is 9.53 Å². The second-order valence-electron chi connectivity index (χ2n) is 5.08. The van der Waals surface area contributed by atoms with E-state index < -0.39 is 0 Å². The summed E-state index contributed by atoms with van der Waals surface area (Å²) in [6, 6.07) is 4.13. The Labute approximate surface area is 114 Å². The first-order valence-corrected chi connectivity index (χ1v) is 6.57. The second kappa shape index (κ2) is 6.02. The summed E-state index contributed by atoms with van der Waals surface area (Å²) in [5.41, 5.74) is 0.558. The van der Waals surface area contributed by atoms with Crippen LogP contribution in [0.1, 0.15) is 23.2 Å². The number of piperidine rings is 1. The summed E-state index contributed by atoms with van der Waals surface area (Å²) in [6.07, 6.45) is 3.91. The molecule has 1 aliphatic heterocycles. The van der Waals surface area contributed by atoms with Crippen molar-refractivity contribution in [3.8, 4) is 0 Å². The average Bonchev–Trinajstić information content (AvgIpc) is 2.46. The summed E-state index contributed by atoms with van der Waals surface area (Å²) in [7, 11) is 5.64. The van der Waals surface area contributed by atoms with E-state index in [0.717, 1.165) is 31.7 Å². The molecule has 0 spiro atoms. The molecule has 1 fully saturated rings. The summed E-state index contributed by atoms with van der Waals surface area (Å²) >= 11 is 0. The minimum Gasteiger partial charge on any atom is -0.465 e. The van der Waals surface area contributed by atoms with E-state index in [-0.39, 0.29) is 5.97 Å². The molecule has 0 atom stereocenters. The number of methoxy groups -OCH3 is 1. The molecule has 5 heteroatoms. The fraction of sp³-hybridized carbons (Fsp3) is 0.571. The van der Waals surface area contributed by atoms with Crippen LogP contribution < -0.4 is 4.90 Å². The highest BCUT2D eigenvalue weighted by molar-refractivity contribution is 5.90. The first kappa shape index (κ1) is 13.8. The number of rotatable bonds is 3. The third-order valence-corrected chi connectivity index (χ3v) is 3.69. The maximum absolute atomic E-state index is 11.5. The molecule has 19 heavy (non-hydrogen) atoms. The molecule has 0 unspecified atom stereocenters. The van der Waals surface area contributed by atoms with Crippen LogP contribution in [-0.4, -0.2) is 56.2 Å². The molecule has 2 rings (SSSR count). The SMILES string of the molecule is COC(=O)c1ccnc(N2CCC(N(C)C)CC2)c1. The standard InChI is InChI=1S/C14H21N3O2/c1-16(2)12-5-8-17(9-6-12)13-10-11(4-7-15-13)14(18)19-3/h4,7,10,12H,5-6,8-9H2,1-3H3. The smallest absolute Gasteiger partial charge is 0.338 e. The van der Waals surface area contributed by atoms with Gasteiger partial charge in [-0.2, -0.15) is 0 Å².